The van der Waals surface area contributed by atoms with E-state index in [1.165, 1.54) is 0 Å². The Balaban J connectivity index is 2.32. The van der Waals surface area contributed by atoms with Gasteiger partial charge in [-0.25, -0.2) is 0 Å². The zero-order chi connectivity index (χ0) is 14.4. The Hall–Kier alpha value is -2.06. The van der Waals surface area contributed by atoms with E-state index in [9.17, 15) is 9.90 Å². The van der Waals surface area contributed by atoms with Gasteiger partial charge >= 0.3 is 0 Å². The molecule has 2 aromatic rings. The molecular weight excluding hydrogens is 272 g/mol. The highest BCUT2D eigenvalue weighted by Crippen LogP contribution is 2.31. The molecule has 0 aromatic heterocycles. The molecule has 2 aromatic carbocycles. The second-order valence-electron chi connectivity index (χ2n) is 4.48. The first-order valence-electron chi connectivity index (χ1n) is 6.34. The van der Waals surface area contributed by atoms with E-state index in [1.54, 1.807) is 6.08 Å². The van der Waals surface area contributed by atoms with Crippen LogP contribution in [0.3, 0.4) is 0 Å². The molecule has 0 radical (unpaired) electrons. The van der Waals surface area contributed by atoms with E-state index < -0.39 is 5.97 Å². The highest BCUT2D eigenvalue weighted by Gasteiger charge is 2.15. The number of benzene rings is 2. The zero-order valence-electron chi connectivity index (χ0n) is 10.8. The predicted molar refractivity (Wildman–Crippen MR) is 79.1 cm³/mol. The molecule has 3 heteroatoms. The second kappa shape index (κ2) is 6.92. The fourth-order valence-corrected chi connectivity index (χ4v) is 2.36. The molecule has 0 aliphatic carbocycles. The SMILES string of the molecule is O=C([O-])CC(/C(Cl)=C/c1ccccc1)c1ccccc1. The Labute approximate surface area is 123 Å². The third-order valence-corrected chi connectivity index (χ3v) is 3.38. The predicted octanol–water partition coefficient (Wildman–Crippen LogP) is 3.19. The van der Waals surface area contributed by atoms with E-state index in [2.05, 4.69) is 0 Å². The van der Waals surface area contributed by atoms with Gasteiger partial charge in [-0.05, 0) is 23.6 Å². The Bertz CT molecular complexity index is 591. The van der Waals surface area contributed by atoms with Crippen LogP contribution in [0.25, 0.3) is 6.08 Å². The van der Waals surface area contributed by atoms with E-state index >= 15 is 0 Å². The number of carboxylic acid groups (broad SMARTS) is 1. The number of carbonyl (C=O) groups is 1. The van der Waals surface area contributed by atoms with Crippen LogP contribution in [0, 0.1) is 0 Å². The summed E-state index contributed by atoms with van der Waals surface area (Å²) in [5.74, 6) is -1.50. The summed E-state index contributed by atoms with van der Waals surface area (Å²) in [6, 6.07) is 18.9. The number of carboxylic acids is 1. The molecule has 0 amide bonds. The van der Waals surface area contributed by atoms with Gasteiger partial charge in [0.2, 0.25) is 0 Å². The molecular formula is C17H14ClO2-. The molecule has 0 heterocycles. The first-order chi connectivity index (χ1) is 9.66. The van der Waals surface area contributed by atoms with Crippen molar-refractivity contribution in [3.8, 4) is 0 Å². The Morgan fingerprint density at radius 2 is 1.60 bits per heavy atom. The van der Waals surface area contributed by atoms with E-state index in [1.807, 2.05) is 60.7 Å². The van der Waals surface area contributed by atoms with Crippen molar-refractivity contribution in [1.29, 1.82) is 0 Å². The van der Waals surface area contributed by atoms with Crippen molar-refractivity contribution < 1.29 is 9.90 Å². The normalized spacial score (nSPS) is 12.9. The average Bonchev–Trinajstić information content (AvgIpc) is 2.46. The van der Waals surface area contributed by atoms with Crippen LogP contribution in [0.1, 0.15) is 23.5 Å². The minimum Gasteiger partial charge on any atom is -0.550 e. The monoisotopic (exact) mass is 285 g/mol. The van der Waals surface area contributed by atoms with Crippen LogP contribution in [0.15, 0.2) is 65.7 Å². The fourth-order valence-electron chi connectivity index (χ4n) is 2.04. The van der Waals surface area contributed by atoms with Crippen LogP contribution >= 0.6 is 11.6 Å². The van der Waals surface area contributed by atoms with Crippen LogP contribution in [-0.2, 0) is 4.79 Å². The lowest BCUT2D eigenvalue weighted by molar-refractivity contribution is -0.305. The van der Waals surface area contributed by atoms with Gasteiger partial charge < -0.3 is 9.90 Å². The summed E-state index contributed by atoms with van der Waals surface area (Å²) >= 11 is 6.33. The van der Waals surface area contributed by atoms with E-state index in [-0.39, 0.29) is 12.3 Å². The van der Waals surface area contributed by atoms with Crippen molar-refractivity contribution >= 4 is 23.6 Å². The first kappa shape index (κ1) is 14.4. The second-order valence-corrected chi connectivity index (χ2v) is 4.92. The highest BCUT2D eigenvalue weighted by molar-refractivity contribution is 6.32. The number of allylic oxidation sites excluding steroid dienone is 1. The topological polar surface area (TPSA) is 40.1 Å². The van der Waals surface area contributed by atoms with Gasteiger partial charge in [0.15, 0.2) is 0 Å². The first-order valence-corrected chi connectivity index (χ1v) is 6.71. The number of halogens is 1. The molecule has 102 valence electrons. The van der Waals surface area contributed by atoms with Gasteiger partial charge in [0.25, 0.3) is 0 Å². The molecule has 0 bridgehead atoms. The highest BCUT2D eigenvalue weighted by atomic mass is 35.5. The van der Waals surface area contributed by atoms with Gasteiger partial charge in [0, 0.05) is 16.9 Å². The van der Waals surface area contributed by atoms with Crippen LogP contribution in [0.2, 0.25) is 0 Å². The van der Waals surface area contributed by atoms with Crippen molar-refractivity contribution in [2.45, 2.75) is 12.3 Å². The lowest BCUT2D eigenvalue weighted by Gasteiger charge is -2.17. The summed E-state index contributed by atoms with van der Waals surface area (Å²) in [5, 5.41) is 11.4. The zero-order valence-corrected chi connectivity index (χ0v) is 11.6. The quantitative estimate of drug-likeness (QED) is 0.846. The van der Waals surface area contributed by atoms with Crippen LogP contribution in [-0.4, -0.2) is 5.97 Å². The maximum absolute atomic E-state index is 10.9. The molecule has 0 aliphatic rings. The lowest BCUT2D eigenvalue weighted by atomic mass is 9.94. The summed E-state index contributed by atoms with van der Waals surface area (Å²) in [7, 11) is 0. The maximum Gasteiger partial charge on any atom is 0.0424 e. The van der Waals surface area contributed by atoms with Crippen molar-refractivity contribution in [3.63, 3.8) is 0 Å². The van der Waals surface area contributed by atoms with Crippen LogP contribution in [0.4, 0.5) is 0 Å². The Kier molecular flexibility index (Phi) is 4.97. The lowest BCUT2D eigenvalue weighted by Crippen LogP contribution is -2.24. The van der Waals surface area contributed by atoms with Gasteiger partial charge in [0.1, 0.15) is 0 Å². The Morgan fingerprint density at radius 3 is 2.15 bits per heavy atom. The summed E-state index contributed by atoms with van der Waals surface area (Å²) < 4.78 is 0. The van der Waals surface area contributed by atoms with Gasteiger partial charge in [-0.1, -0.05) is 72.3 Å². The average molecular weight is 286 g/mol. The largest absolute Gasteiger partial charge is 0.550 e. The summed E-state index contributed by atoms with van der Waals surface area (Å²) in [5.41, 5.74) is 1.81. The fraction of sp³-hybridized carbons (Fsp3) is 0.118. The van der Waals surface area contributed by atoms with Crippen molar-refractivity contribution in [1.82, 2.24) is 0 Å². The molecule has 0 saturated heterocycles. The molecule has 0 fully saturated rings. The van der Waals surface area contributed by atoms with Crippen LogP contribution in [0.5, 0.6) is 0 Å². The minimum absolute atomic E-state index is 0.133. The minimum atomic E-state index is -1.11. The summed E-state index contributed by atoms with van der Waals surface area (Å²) in [4.78, 5) is 10.9. The number of hydrogen-bond acceptors (Lipinski definition) is 2. The standard InChI is InChI=1S/C17H15ClO2/c18-16(11-13-7-3-1-4-8-13)15(12-17(19)20)14-9-5-2-6-10-14/h1-11,15H,12H2,(H,19,20)/p-1/b16-11-. The van der Waals surface area contributed by atoms with E-state index in [4.69, 9.17) is 11.6 Å². The van der Waals surface area contributed by atoms with Gasteiger partial charge in [-0.2, -0.15) is 0 Å². The van der Waals surface area contributed by atoms with Crippen molar-refractivity contribution in [2.75, 3.05) is 0 Å². The molecule has 0 N–H and O–H groups in total. The molecule has 0 aliphatic heterocycles. The van der Waals surface area contributed by atoms with Crippen molar-refractivity contribution in [3.05, 3.63) is 76.8 Å². The molecule has 1 unspecified atom stereocenters. The maximum atomic E-state index is 10.9. The van der Waals surface area contributed by atoms with Gasteiger partial charge in [-0.15, -0.1) is 0 Å². The third kappa shape index (κ3) is 3.97. The molecule has 20 heavy (non-hydrogen) atoms. The summed E-state index contributed by atoms with van der Waals surface area (Å²) in [6.07, 6.45) is 1.66. The molecule has 0 spiro atoms. The van der Waals surface area contributed by atoms with Crippen molar-refractivity contribution in [2.24, 2.45) is 0 Å². The smallest absolute Gasteiger partial charge is 0.0424 e. The van der Waals surface area contributed by atoms with Gasteiger partial charge in [0.05, 0.1) is 0 Å². The molecule has 1 atom stereocenters. The van der Waals surface area contributed by atoms with Crippen LogP contribution < -0.4 is 5.11 Å². The van der Waals surface area contributed by atoms with E-state index in [0.717, 1.165) is 11.1 Å². The summed E-state index contributed by atoms with van der Waals surface area (Å²) in [6.45, 7) is 0. The number of aliphatic carboxylic acids is 1. The number of hydrogen-bond donors (Lipinski definition) is 0. The van der Waals surface area contributed by atoms with E-state index in [0.29, 0.717) is 5.03 Å². The molecule has 2 rings (SSSR count). The third-order valence-electron chi connectivity index (χ3n) is 3.01. The van der Waals surface area contributed by atoms with Gasteiger partial charge in [-0.3, -0.25) is 0 Å². The number of carbonyl (C=O) groups excluding carboxylic acids is 1. The Morgan fingerprint density at radius 1 is 1.05 bits per heavy atom. The molecule has 0 saturated carbocycles. The molecule has 2 nitrogen and oxygen atoms in total. The number of rotatable bonds is 5.